The van der Waals surface area contributed by atoms with Gasteiger partial charge >= 0.3 is 0 Å². The first-order chi connectivity index (χ1) is 6.68. The Morgan fingerprint density at radius 3 is 2.64 bits per heavy atom. The van der Waals surface area contributed by atoms with Crippen LogP contribution in [0.25, 0.3) is 6.08 Å². The van der Waals surface area contributed by atoms with E-state index in [4.69, 9.17) is 11.6 Å². The summed E-state index contributed by atoms with van der Waals surface area (Å²) < 4.78 is 0. The summed E-state index contributed by atoms with van der Waals surface area (Å²) in [5, 5.41) is 0.881. The van der Waals surface area contributed by atoms with Crippen molar-refractivity contribution in [1.82, 2.24) is 0 Å². The molecule has 0 aliphatic rings. The van der Waals surface area contributed by atoms with Gasteiger partial charge in [0.15, 0.2) is 5.12 Å². The monoisotopic (exact) mass is 226 g/mol. The van der Waals surface area contributed by atoms with Gasteiger partial charge in [0.25, 0.3) is 0 Å². The first-order valence-electron chi connectivity index (χ1n) is 4.24. The molecule has 1 aromatic carbocycles. The van der Waals surface area contributed by atoms with Gasteiger partial charge in [-0.2, -0.15) is 0 Å². The van der Waals surface area contributed by atoms with Gasteiger partial charge in [0.05, 0.1) is 0 Å². The zero-order chi connectivity index (χ0) is 10.4. The number of rotatable bonds is 3. The quantitative estimate of drug-likeness (QED) is 0.783. The molecule has 0 atom stereocenters. The fourth-order valence-corrected chi connectivity index (χ4v) is 1.48. The first-order valence-corrected chi connectivity index (χ1v) is 5.60. The van der Waals surface area contributed by atoms with E-state index in [1.165, 1.54) is 11.8 Å². The van der Waals surface area contributed by atoms with Gasteiger partial charge in [0.1, 0.15) is 0 Å². The summed E-state index contributed by atoms with van der Waals surface area (Å²) in [6, 6.07) is 7.58. The van der Waals surface area contributed by atoms with E-state index in [1.54, 1.807) is 6.92 Å². The average Bonchev–Trinajstić information content (AvgIpc) is 2.15. The molecule has 0 unspecified atom stereocenters. The number of hydrogen-bond acceptors (Lipinski definition) is 2. The number of carbonyl (C=O) groups is 1. The lowest BCUT2D eigenvalue weighted by Gasteiger charge is -1.93. The van der Waals surface area contributed by atoms with Crippen LogP contribution in [0.4, 0.5) is 0 Å². The van der Waals surface area contributed by atoms with Crippen LogP contribution < -0.4 is 0 Å². The first kappa shape index (κ1) is 11.3. The largest absolute Gasteiger partial charge is 0.288 e. The summed E-state index contributed by atoms with van der Waals surface area (Å²) in [7, 11) is 0. The zero-order valence-electron chi connectivity index (χ0n) is 7.87. The summed E-state index contributed by atoms with van der Waals surface area (Å²) in [6.45, 7) is 1.57. The number of hydrogen-bond donors (Lipinski definition) is 0. The molecule has 74 valence electrons. The molecule has 3 heteroatoms. The third-order valence-corrected chi connectivity index (χ3v) is 2.58. The van der Waals surface area contributed by atoms with E-state index < -0.39 is 0 Å². The van der Waals surface area contributed by atoms with E-state index in [1.807, 2.05) is 36.4 Å². The molecule has 0 aromatic heterocycles. The van der Waals surface area contributed by atoms with Crippen LogP contribution in [-0.2, 0) is 4.79 Å². The molecule has 1 rings (SSSR count). The van der Waals surface area contributed by atoms with Crippen molar-refractivity contribution in [3.8, 4) is 0 Å². The van der Waals surface area contributed by atoms with E-state index in [2.05, 4.69) is 0 Å². The molecule has 0 radical (unpaired) electrons. The predicted octanol–water partition coefficient (Wildman–Crippen LogP) is 3.63. The molecular weight excluding hydrogens is 216 g/mol. The fourth-order valence-electron chi connectivity index (χ4n) is 0.924. The Bertz CT molecular complexity index is 330. The van der Waals surface area contributed by atoms with Crippen LogP contribution in [0.3, 0.4) is 0 Å². The Labute approximate surface area is 93.2 Å². The van der Waals surface area contributed by atoms with Crippen LogP contribution in [0.1, 0.15) is 12.5 Å². The third kappa shape index (κ3) is 4.49. The summed E-state index contributed by atoms with van der Waals surface area (Å²) in [5.41, 5.74) is 1.10. The molecule has 1 nitrogen and oxygen atoms in total. The van der Waals surface area contributed by atoms with Crippen molar-refractivity contribution in [2.45, 2.75) is 6.92 Å². The van der Waals surface area contributed by atoms with E-state index >= 15 is 0 Å². The van der Waals surface area contributed by atoms with Crippen LogP contribution in [0.2, 0.25) is 5.02 Å². The standard InChI is InChI=1S/C11H11ClOS/c1-9(13)14-8-2-3-10-4-6-11(12)7-5-10/h2-7H,8H2,1H3. The number of halogens is 1. The van der Waals surface area contributed by atoms with Gasteiger partial charge in [-0.15, -0.1) is 0 Å². The van der Waals surface area contributed by atoms with Crippen molar-refractivity contribution in [2.24, 2.45) is 0 Å². The van der Waals surface area contributed by atoms with Gasteiger partial charge in [0.2, 0.25) is 0 Å². The van der Waals surface area contributed by atoms with E-state index in [0.29, 0.717) is 0 Å². The molecule has 0 saturated carbocycles. The Kier molecular flexibility index (Phi) is 4.77. The Balaban J connectivity index is 2.44. The molecule has 0 aliphatic heterocycles. The SMILES string of the molecule is CC(=O)SCC=Cc1ccc(Cl)cc1. The molecule has 14 heavy (non-hydrogen) atoms. The topological polar surface area (TPSA) is 17.1 Å². The van der Waals surface area contributed by atoms with Crippen molar-refractivity contribution in [2.75, 3.05) is 5.75 Å². The van der Waals surface area contributed by atoms with Crippen molar-refractivity contribution in [1.29, 1.82) is 0 Å². The highest BCUT2D eigenvalue weighted by Crippen LogP contribution is 2.11. The highest BCUT2D eigenvalue weighted by Gasteiger charge is 1.90. The summed E-state index contributed by atoms with van der Waals surface area (Å²) >= 11 is 7.04. The molecule has 0 spiro atoms. The minimum absolute atomic E-state index is 0.144. The molecule has 0 saturated heterocycles. The summed E-state index contributed by atoms with van der Waals surface area (Å²) in [4.78, 5) is 10.6. The highest BCUT2D eigenvalue weighted by molar-refractivity contribution is 8.13. The van der Waals surface area contributed by atoms with E-state index in [9.17, 15) is 4.79 Å². The second-order valence-corrected chi connectivity index (χ2v) is 4.39. The molecule has 0 aliphatic carbocycles. The van der Waals surface area contributed by atoms with E-state index in [-0.39, 0.29) is 5.12 Å². The van der Waals surface area contributed by atoms with Gasteiger partial charge in [-0.1, -0.05) is 47.6 Å². The lowest BCUT2D eigenvalue weighted by Crippen LogP contribution is -1.81. The van der Waals surface area contributed by atoms with Gasteiger partial charge in [-0.3, -0.25) is 4.79 Å². The maximum Gasteiger partial charge on any atom is 0.186 e. The molecule has 1 aromatic rings. The Hall–Kier alpha value is -0.730. The highest BCUT2D eigenvalue weighted by atomic mass is 35.5. The number of thioether (sulfide) groups is 1. The maximum absolute atomic E-state index is 10.6. The zero-order valence-corrected chi connectivity index (χ0v) is 9.44. The Morgan fingerprint density at radius 2 is 2.07 bits per heavy atom. The second kappa shape index (κ2) is 5.89. The molecule has 0 heterocycles. The number of carbonyl (C=O) groups excluding carboxylic acids is 1. The molecule has 0 amide bonds. The van der Waals surface area contributed by atoms with Gasteiger partial charge in [-0.05, 0) is 17.7 Å². The lowest BCUT2D eigenvalue weighted by molar-refractivity contribution is -0.109. The number of benzene rings is 1. The van der Waals surface area contributed by atoms with E-state index in [0.717, 1.165) is 16.3 Å². The summed E-state index contributed by atoms with van der Waals surface area (Å²) in [6.07, 6.45) is 3.95. The third-order valence-electron chi connectivity index (χ3n) is 1.56. The van der Waals surface area contributed by atoms with Crippen molar-refractivity contribution < 1.29 is 4.79 Å². The van der Waals surface area contributed by atoms with Crippen molar-refractivity contribution in [3.05, 3.63) is 40.9 Å². The molecule has 0 bridgehead atoms. The normalized spacial score (nSPS) is 10.7. The minimum Gasteiger partial charge on any atom is -0.288 e. The predicted molar refractivity (Wildman–Crippen MR) is 63.6 cm³/mol. The van der Waals surface area contributed by atoms with Crippen molar-refractivity contribution in [3.63, 3.8) is 0 Å². The maximum atomic E-state index is 10.6. The van der Waals surface area contributed by atoms with Gasteiger partial charge in [-0.25, -0.2) is 0 Å². The lowest BCUT2D eigenvalue weighted by atomic mass is 10.2. The van der Waals surface area contributed by atoms with Crippen LogP contribution in [0.5, 0.6) is 0 Å². The Morgan fingerprint density at radius 1 is 1.43 bits per heavy atom. The average molecular weight is 227 g/mol. The summed E-state index contributed by atoms with van der Waals surface area (Å²) in [5.74, 6) is 0.720. The van der Waals surface area contributed by atoms with Crippen molar-refractivity contribution >= 4 is 34.6 Å². The molecule has 0 fully saturated rings. The fraction of sp³-hybridized carbons (Fsp3) is 0.182. The molecular formula is C11H11ClOS. The van der Waals surface area contributed by atoms with Gasteiger partial charge < -0.3 is 0 Å². The second-order valence-electron chi connectivity index (χ2n) is 2.76. The van der Waals surface area contributed by atoms with Gasteiger partial charge in [0, 0.05) is 17.7 Å². The molecule has 0 N–H and O–H groups in total. The smallest absolute Gasteiger partial charge is 0.186 e. The van der Waals surface area contributed by atoms with Crippen LogP contribution in [0.15, 0.2) is 30.3 Å². The minimum atomic E-state index is 0.144. The van der Waals surface area contributed by atoms with Crippen LogP contribution in [-0.4, -0.2) is 10.9 Å². The van der Waals surface area contributed by atoms with Crippen LogP contribution in [0, 0.1) is 0 Å². The van der Waals surface area contributed by atoms with Crippen LogP contribution >= 0.6 is 23.4 Å².